The van der Waals surface area contributed by atoms with Crippen molar-refractivity contribution in [1.29, 1.82) is 0 Å². The van der Waals surface area contributed by atoms with E-state index < -0.39 is 5.97 Å². The lowest BCUT2D eigenvalue weighted by Gasteiger charge is -2.15. The van der Waals surface area contributed by atoms with Gasteiger partial charge in [-0.15, -0.1) is 6.42 Å². The van der Waals surface area contributed by atoms with E-state index in [9.17, 15) is 9.59 Å². The van der Waals surface area contributed by atoms with Crippen LogP contribution in [0.2, 0.25) is 0 Å². The molecule has 0 radical (unpaired) electrons. The topological polar surface area (TPSA) is 69.6 Å². The van der Waals surface area contributed by atoms with Crippen LogP contribution in [-0.4, -0.2) is 35.6 Å². The van der Waals surface area contributed by atoms with Crippen LogP contribution in [0.15, 0.2) is 18.2 Å². The van der Waals surface area contributed by atoms with Gasteiger partial charge >= 0.3 is 12.0 Å². The van der Waals surface area contributed by atoms with E-state index in [1.807, 2.05) is 0 Å². The van der Waals surface area contributed by atoms with E-state index in [1.54, 1.807) is 26.1 Å². The average molecular weight is 246 g/mol. The molecular weight excluding hydrogens is 232 g/mol. The van der Waals surface area contributed by atoms with Gasteiger partial charge in [-0.3, -0.25) is 0 Å². The third-order valence-electron chi connectivity index (χ3n) is 2.39. The molecule has 1 rings (SSSR count). The minimum atomic E-state index is -1.03. The minimum Gasteiger partial charge on any atom is -0.478 e. The summed E-state index contributed by atoms with van der Waals surface area (Å²) in [6, 6.07) is 4.32. The number of carbonyl (C=O) groups excluding carboxylic acids is 1. The second kappa shape index (κ2) is 5.73. The minimum absolute atomic E-state index is 0.160. The number of aromatic carboxylic acids is 1. The monoisotopic (exact) mass is 246 g/mol. The van der Waals surface area contributed by atoms with Gasteiger partial charge in [-0.1, -0.05) is 12.0 Å². The van der Waals surface area contributed by atoms with Gasteiger partial charge in [0, 0.05) is 12.7 Å². The third kappa shape index (κ3) is 3.25. The first-order valence-corrected chi connectivity index (χ1v) is 5.25. The van der Waals surface area contributed by atoms with Gasteiger partial charge in [-0.2, -0.15) is 0 Å². The van der Waals surface area contributed by atoms with Crippen molar-refractivity contribution in [3.8, 4) is 12.3 Å². The molecule has 18 heavy (non-hydrogen) atoms. The van der Waals surface area contributed by atoms with Crippen molar-refractivity contribution in [3.63, 3.8) is 0 Å². The van der Waals surface area contributed by atoms with Gasteiger partial charge in [0.1, 0.15) is 0 Å². The Bertz CT molecular complexity index is 517. The molecule has 0 aliphatic carbocycles. The van der Waals surface area contributed by atoms with Crippen molar-refractivity contribution in [1.82, 2.24) is 4.90 Å². The van der Waals surface area contributed by atoms with Gasteiger partial charge in [-0.25, -0.2) is 9.59 Å². The number of urea groups is 1. The van der Waals surface area contributed by atoms with E-state index in [-0.39, 0.29) is 18.1 Å². The van der Waals surface area contributed by atoms with Gasteiger partial charge in [0.25, 0.3) is 0 Å². The molecule has 1 aromatic rings. The Hall–Kier alpha value is -2.48. The molecule has 0 atom stereocenters. The van der Waals surface area contributed by atoms with Crippen molar-refractivity contribution in [2.45, 2.75) is 6.92 Å². The summed E-state index contributed by atoms with van der Waals surface area (Å²) in [4.78, 5) is 23.9. The number of amides is 2. The second-order valence-electron chi connectivity index (χ2n) is 3.83. The fourth-order valence-electron chi connectivity index (χ4n) is 1.36. The first-order chi connectivity index (χ1) is 8.45. The molecule has 0 spiro atoms. The van der Waals surface area contributed by atoms with Crippen molar-refractivity contribution >= 4 is 17.7 Å². The smallest absolute Gasteiger partial charge is 0.336 e. The van der Waals surface area contributed by atoms with Crippen molar-refractivity contribution < 1.29 is 14.7 Å². The molecular formula is C13H14N2O3. The fourth-order valence-corrected chi connectivity index (χ4v) is 1.36. The van der Waals surface area contributed by atoms with Crippen LogP contribution in [0.4, 0.5) is 10.5 Å². The van der Waals surface area contributed by atoms with E-state index in [2.05, 4.69) is 11.2 Å². The number of anilines is 1. The Kier molecular flexibility index (Phi) is 4.33. The average Bonchev–Trinajstić information content (AvgIpc) is 2.31. The van der Waals surface area contributed by atoms with Gasteiger partial charge in [-0.05, 0) is 24.6 Å². The van der Waals surface area contributed by atoms with Crippen LogP contribution in [0.5, 0.6) is 0 Å². The molecule has 0 fully saturated rings. The summed E-state index contributed by atoms with van der Waals surface area (Å²) < 4.78 is 0. The van der Waals surface area contributed by atoms with Crippen LogP contribution in [0.3, 0.4) is 0 Å². The summed E-state index contributed by atoms with van der Waals surface area (Å²) in [5.74, 6) is 1.32. The number of aryl methyl sites for hydroxylation is 1. The molecule has 0 unspecified atom stereocenters. The highest BCUT2D eigenvalue weighted by Crippen LogP contribution is 2.15. The fraction of sp³-hybridized carbons (Fsp3) is 0.231. The zero-order valence-electron chi connectivity index (χ0n) is 10.2. The molecule has 5 heteroatoms. The highest BCUT2D eigenvalue weighted by atomic mass is 16.4. The summed E-state index contributed by atoms with van der Waals surface area (Å²) in [6.45, 7) is 1.88. The van der Waals surface area contributed by atoms with Gasteiger partial charge in [0.15, 0.2) is 0 Å². The number of hydrogen-bond donors (Lipinski definition) is 2. The number of nitrogens with zero attached hydrogens (tertiary/aromatic N) is 1. The zero-order valence-corrected chi connectivity index (χ0v) is 10.2. The maximum absolute atomic E-state index is 11.6. The number of benzene rings is 1. The predicted octanol–water partition coefficient (Wildman–Crippen LogP) is 1.79. The number of carboxylic acid groups (broad SMARTS) is 1. The third-order valence-corrected chi connectivity index (χ3v) is 2.39. The van der Waals surface area contributed by atoms with E-state index in [0.717, 1.165) is 0 Å². The molecule has 0 heterocycles. The Morgan fingerprint density at radius 3 is 2.72 bits per heavy atom. The first-order valence-electron chi connectivity index (χ1n) is 5.25. The van der Waals surface area contributed by atoms with Gasteiger partial charge < -0.3 is 15.3 Å². The SMILES string of the molecule is C#CCN(C)C(=O)Nc1ccc(C)c(C(=O)O)c1. The molecule has 2 N–H and O–H groups in total. The molecule has 1 aromatic carbocycles. The first kappa shape index (κ1) is 13.6. The maximum Gasteiger partial charge on any atom is 0.336 e. The van der Waals surface area contributed by atoms with E-state index in [1.165, 1.54) is 11.0 Å². The molecule has 2 amide bonds. The lowest BCUT2D eigenvalue weighted by molar-refractivity contribution is 0.0696. The molecule has 0 aromatic heterocycles. The number of carbonyl (C=O) groups is 2. The van der Waals surface area contributed by atoms with E-state index in [4.69, 9.17) is 11.5 Å². The van der Waals surface area contributed by atoms with E-state index in [0.29, 0.717) is 11.3 Å². The highest BCUT2D eigenvalue weighted by molar-refractivity contribution is 5.94. The van der Waals surface area contributed by atoms with Crippen LogP contribution >= 0.6 is 0 Å². The number of nitrogens with one attached hydrogen (secondary N) is 1. The van der Waals surface area contributed by atoms with Crippen molar-refractivity contribution in [3.05, 3.63) is 29.3 Å². The van der Waals surface area contributed by atoms with E-state index >= 15 is 0 Å². The van der Waals surface area contributed by atoms with Crippen LogP contribution in [-0.2, 0) is 0 Å². The lowest BCUT2D eigenvalue weighted by Crippen LogP contribution is -2.31. The van der Waals surface area contributed by atoms with Gasteiger partial charge in [0.2, 0.25) is 0 Å². The molecule has 94 valence electrons. The largest absolute Gasteiger partial charge is 0.478 e. The van der Waals surface area contributed by atoms with Crippen LogP contribution in [0, 0.1) is 19.3 Å². The summed E-state index contributed by atoms with van der Waals surface area (Å²) in [5, 5.41) is 11.5. The number of rotatable bonds is 3. The summed E-state index contributed by atoms with van der Waals surface area (Å²) >= 11 is 0. The Morgan fingerprint density at radius 2 is 2.17 bits per heavy atom. The molecule has 0 aliphatic heterocycles. The van der Waals surface area contributed by atoms with Crippen LogP contribution < -0.4 is 5.32 Å². The number of carboxylic acids is 1. The highest BCUT2D eigenvalue weighted by Gasteiger charge is 2.11. The zero-order chi connectivity index (χ0) is 13.7. The maximum atomic E-state index is 11.6. The second-order valence-corrected chi connectivity index (χ2v) is 3.83. The molecule has 0 bridgehead atoms. The molecule has 0 saturated carbocycles. The Labute approximate surface area is 105 Å². The normalized spacial score (nSPS) is 9.39. The molecule has 0 saturated heterocycles. The van der Waals surface area contributed by atoms with Crippen molar-refractivity contribution in [2.24, 2.45) is 0 Å². The number of hydrogen-bond acceptors (Lipinski definition) is 2. The van der Waals surface area contributed by atoms with Crippen LogP contribution in [0.1, 0.15) is 15.9 Å². The Balaban J connectivity index is 2.86. The predicted molar refractivity (Wildman–Crippen MR) is 68.6 cm³/mol. The summed E-state index contributed by atoms with van der Waals surface area (Å²) in [7, 11) is 1.56. The summed E-state index contributed by atoms with van der Waals surface area (Å²) in [6.07, 6.45) is 5.09. The lowest BCUT2D eigenvalue weighted by atomic mass is 10.1. The number of terminal acetylenes is 1. The standard InChI is InChI=1S/C13H14N2O3/c1-4-7-15(3)13(18)14-10-6-5-9(2)11(8-10)12(16)17/h1,5-6,8H,7H2,2-3H3,(H,14,18)(H,16,17). The van der Waals surface area contributed by atoms with Crippen LogP contribution in [0.25, 0.3) is 0 Å². The quantitative estimate of drug-likeness (QED) is 0.799. The van der Waals surface area contributed by atoms with Crippen molar-refractivity contribution in [2.75, 3.05) is 18.9 Å². The molecule has 0 aliphatic rings. The van der Waals surface area contributed by atoms with Gasteiger partial charge in [0.05, 0.1) is 12.1 Å². The summed E-state index contributed by atoms with van der Waals surface area (Å²) in [5.41, 5.74) is 1.22. The Morgan fingerprint density at radius 1 is 1.50 bits per heavy atom. The molecule has 5 nitrogen and oxygen atoms in total.